The van der Waals surface area contributed by atoms with E-state index in [0.717, 1.165) is 31.9 Å². The topological polar surface area (TPSA) is 106 Å². The zero-order valence-corrected chi connectivity index (χ0v) is 21.1. The number of hydrogen-bond acceptors (Lipinski definition) is 6. The molecule has 0 aliphatic carbocycles. The zero-order chi connectivity index (χ0) is 25.2. The van der Waals surface area contributed by atoms with Gasteiger partial charge in [-0.1, -0.05) is 26.0 Å². The summed E-state index contributed by atoms with van der Waals surface area (Å²) < 4.78 is 27.5. The summed E-state index contributed by atoms with van der Waals surface area (Å²) in [5.41, 5.74) is 1.63. The number of nitrogens with zero attached hydrogens (tertiary/aromatic N) is 3. The molecule has 9 nitrogen and oxygen atoms in total. The van der Waals surface area contributed by atoms with Gasteiger partial charge in [0.15, 0.2) is 0 Å². The number of aromatic nitrogens is 1. The summed E-state index contributed by atoms with van der Waals surface area (Å²) in [4.78, 5) is 33.0. The second-order valence-electron chi connectivity index (χ2n) is 8.61. The number of aromatic amines is 1. The van der Waals surface area contributed by atoms with Gasteiger partial charge in [0, 0.05) is 56.2 Å². The monoisotopic (exact) mass is 497 g/mol. The number of para-hydroxylation sites is 2. The van der Waals surface area contributed by atoms with Gasteiger partial charge in [0.2, 0.25) is 15.6 Å². The van der Waals surface area contributed by atoms with Crippen LogP contribution in [0.1, 0.15) is 24.2 Å². The van der Waals surface area contributed by atoms with Crippen LogP contribution in [0.15, 0.2) is 58.2 Å². The van der Waals surface area contributed by atoms with Gasteiger partial charge < -0.3 is 20.1 Å². The maximum Gasteiger partial charge on any atom is 0.256 e. The summed E-state index contributed by atoms with van der Waals surface area (Å²) in [6, 6.07) is 13.2. The van der Waals surface area contributed by atoms with Crippen LogP contribution in [-0.2, 0) is 10.0 Å². The molecule has 2 heterocycles. The Morgan fingerprint density at radius 1 is 1.03 bits per heavy atom. The minimum Gasteiger partial charge on any atom is -0.367 e. The summed E-state index contributed by atoms with van der Waals surface area (Å²) in [5.74, 6) is -0.472. The smallest absolute Gasteiger partial charge is 0.256 e. The minimum atomic E-state index is -3.73. The van der Waals surface area contributed by atoms with E-state index in [2.05, 4.69) is 27.1 Å². The van der Waals surface area contributed by atoms with Crippen molar-refractivity contribution in [3.8, 4) is 0 Å². The number of benzene rings is 2. The van der Waals surface area contributed by atoms with Gasteiger partial charge in [-0.15, -0.1) is 0 Å². The second-order valence-corrected chi connectivity index (χ2v) is 10.5. The summed E-state index contributed by atoms with van der Waals surface area (Å²) >= 11 is 0. The van der Waals surface area contributed by atoms with Gasteiger partial charge in [-0.25, -0.2) is 8.42 Å². The lowest BCUT2D eigenvalue weighted by molar-refractivity contribution is 0.102. The van der Waals surface area contributed by atoms with Crippen LogP contribution in [0, 0.1) is 0 Å². The van der Waals surface area contributed by atoms with Crippen molar-refractivity contribution in [1.29, 1.82) is 0 Å². The van der Waals surface area contributed by atoms with Crippen molar-refractivity contribution in [2.45, 2.75) is 18.7 Å². The number of pyridine rings is 1. The van der Waals surface area contributed by atoms with Crippen molar-refractivity contribution in [3.63, 3.8) is 0 Å². The minimum absolute atomic E-state index is 0.0765. The third kappa shape index (κ3) is 5.09. The van der Waals surface area contributed by atoms with Gasteiger partial charge in [0.1, 0.15) is 0 Å². The van der Waals surface area contributed by atoms with Crippen molar-refractivity contribution >= 4 is 38.2 Å². The largest absolute Gasteiger partial charge is 0.367 e. The zero-order valence-electron chi connectivity index (χ0n) is 20.2. The van der Waals surface area contributed by atoms with E-state index in [-0.39, 0.29) is 10.5 Å². The van der Waals surface area contributed by atoms with Gasteiger partial charge >= 0.3 is 0 Å². The number of anilines is 2. The van der Waals surface area contributed by atoms with Crippen molar-refractivity contribution in [2.24, 2.45) is 0 Å². The van der Waals surface area contributed by atoms with Crippen LogP contribution in [0.4, 0.5) is 11.4 Å². The predicted molar refractivity (Wildman–Crippen MR) is 139 cm³/mol. The lowest BCUT2D eigenvalue weighted by atomic mass is 10.1. The molecule has 2 N–H and O–H groups in total. The molecule has 35 heavy (non-hydrogen) atoms. The van der Waals surface area contributed by atoms with Crippen LogP contribution in [-0.4, -0.2) is 74.8 Å². The van der Waals surface area contributed by atoms with E-state index in [1.54, 1.807) is 13.8 Å². The molecular weight excluding hydrogens is 466 g/mol. The van der Waals surface area contributed by atoms with E-state index in [1.807, 2.05) is 24.3 Å². The van der Waals surface area contributed by atoms with Crippen molar-refractivity contribution in [1.82, 2.24) is 14.2 Å². The molecule has 1 aromatic heterocycles. The van der Waals surface area contributed by atoms with Crippen LogP contribution in [0.3, 0.4) is 0 Å². The number of H-pyrrole nitrogens is 1. The number of fused-ring (bicyclic) bond motifs is 1. The molecule has 0 saturated carbocycles. The molecule has 1 amide bonds. The van der Waals surface area contributed by atoms with Crippen molar-refractivity contribution in [3.05, 3.63) is 64.4 Å². The Kier molecular flexibility index (Phi) is 7.25. The average Bonchev–Trinajstić information content (AvgIpc) is 2.84. The molecule has 1 fully saturated rings. The Labute approximate surface area is 205 Å². The molecule has 0 bridgehead atoms. The van der Waals surface area contributed by atoms with Gasteiger partial charge in [-0.05, 0) is 37.4 Å². The fraction of sp³-hybridized carbons (Fsp3) is 0.360. The molecule has 186 valence electrons. The quantitative estimate of drug-likeness (QED) is 0.520. The fourth-order valence-electron chi connectivity index (χ4n) is 4.39. The first-order chi connectivity index (χ1) is 16.7. The lowest BCUT2D eigenvalue weighted by Gasteiger charge is -2.35. The fourth-order valence-corrected chi connectivity index (χ4v) is 5.87. The number of amides is 1. The van der Waals surface area contributed by atoms with Crippen molar-refractivity contribution < 1.29 is 13.2 Å². The third-order valence-corrected chi connectivity index (χ3v) is 8.44. The number of carbonyl (C=O) groups excluding carboxylic acids is 1. The Hall–Kier alpha value is -3.21. The molecule has 0 spiro atoms. The number of hydrogen-bond donors (Lipinski definition) is 2. The van der Waals surface area contributed by atoms with Gasteiger partial charge in [0.05, 0.1) is 21.8 Å². The van der Waals surface area contributed by atoms with Crippen LogP contribution >= 0.6 is 0 Å². The molecule has 1 aliphatic rings. The number of carbonyl (C=O) groups is 1. The van der Waals surface area contributed by atoms with Gasteiger partial charge in [0.25, 0.3) is 5.91 Å². The van der Waals surface area contributed by atoms with E-state index >= 15 is 0 Å². The van der Waals surface area contributed by atoms with Crippen LogP contribution in [0.5, 0.6) is 0 Å². The van der Waals surface area contributed by atoms with E-state index < -0.39 is 21.5 Å². The first-order valence-electron chi connectivity index (χ1n) is 11.8. The van der Waals surface area contributed by atoms with Gasteiger partial charge in [-0.3, -0.25) is 9.59 Å². The highest BCUT2D eigenvalue weighted by Crippen LogP contribution is 2.28. The molecule has 2 aromatic carbocycles. The van der Waals surface area contributed by atoms with Crippen molar-refractivity contribution in [2.75, 3.05) is 56.5 Å². The summed E-state index contributed by atoms with van der Waals surface area (Å²) in [6.07, 6.45) is 0. The number of piperazine rings is 1. The van der Waals surface area contributed by atoms with E-state index in [0.29, 0.717) is 29.7 Å². The average molecular weight is 498 g/mol. The van der Waals surface area contributed by atoms with Crippen LogP contribution < -0.4 is 15.8 Å². The summed E-state index contributed by atoms with van der Waals surface area (Å²) in [6.45, 7) is 7.73. The predicted octanol–water partition coefficient (Wildman–Crippen LogP) is 2.56. The lowest BCUT2D eigenvalue weighted by Crippen LogP contribution is -2.44. The maximum absolute atomic E-state index is 13.4. The number of nitrogens with one attached hydrogen (secondary N) is 2. The molecular formula is C25H31N5O4S. The highest BCUT2D eigenvalue weighted by atomic mass is 32.2. The summed E-state index contributed by atoms with van der Waals surface area (Å²) in [5, 5.41) is 3.32. The Morgan fingerprint density at radius 2 is 1.71 bits per heavy atom. The standard InChI is InChI=1S/C25H31N5O4S/c1-4-30(5-2)35(33,34)18-10-11-21-19(16-18)20(17-24(31)26-21)25(32)27-22-8-6-7-9-23(22)29-14-12-28(3)13-15-29/h6-11,16-17H,4-5,12-15H2,1-3H3,(H,26,31)(H,27,32). The number of likely N-dealkylation sites (N-methyl/N-ethyl adjacent to an activating group) is 1. The Bertz CT molecular complexity index is 1390. The number of rotatable bonds is 7. The molecule has 0 unspecified atom stereocenters. The van der Waals surface area contributed by atoms with E-state index in [9.17, 15) is 18.0 Å². The molecule has 1 saturated heterocycles. The Morgan fingerprint density at radius 3 is 2.40 bits per heavy atom. The number of sulfonamides is 1. The van der Waals surface area contributed by atoms with Gasteiger partial charge in [-0.2, -0.15) is 4.31 Å². The first kappa shape index (κ1) is 24.9. The first-order valence-corrected chi connectivity index (χ1v) is 13.2. The molecule has 3 aromatic rings. The van der Waals surface area contributed by atoms with E-state index in [4.69, 9.17) is 0 Å². The molecule has 10 heteroatoms. The normalized spacial score (nSPS) is 15.0. The molecule has 0 atom stereocenters. The third-order valence-electron chi connectivity index (χ3n) is 6.40. The molecule has 1 aliphatic heterocycles. The highest BCUT2D eigenvalue weighted by molar-refractivity contribution is 7.89. The summed E-state index contributed by atoms with van der Waals surface area (Å²) in [7, 11) is -1.65. The highest BCUT2D eigenvalue weighted by Gasteiger charge is 2.24. The SMILES string of the molecule is CCN(CC)S(=O)(=O)c1ccc2[nH]c(=O)cc(C(=O)Nc3ccccc3N3CCN(C)CC3)c2c1. The molecule has 4 rings (SSSR count). The van der Waals surface area contributed by atoms with Crippen LogP contribution in [0.25, 0.3) is 10.9 Å². The Balaban J connectivity index is 1.72. The van der Waals surface area contributed by atoms with Crippen LogP contribution in [0.2, 0.25) is 0 Å². The molecule has 0 radical (unpaired) electrons. The maximum atomic E-state index is 13.4. The second kappa shape index (κ2) is 10.2. The van der Waals surface area contributed by atoms with E-state index in [1.165, 1.54) is 28.6 Å².